The van der Waals surface area contributed by atoms with E-state index in [4.69, 9.17) is 9.40 Å². The van der Waals surface area contributed by atoms with E-state index in [-0.39, 0.29) is 18.3 Å². The van der Waals surface area contributed by atoms with Gasteiger partial charge in [0, 0.05) is 25.5 Å². The predicted octanol–water partition coefficient (Wildman–Crippen LogP) is 4.86. The summed E-state index contributed by atoms with van der Waals surface area (Å²) in [6.07, 6.45) is 7.76. The van der Waals surface area contributed by atoms with Gasteiger partial charge in [-0.25, -0.2) is 9.97 Å². The summed E-state index contributed by atoms with van der Waals surface area (Å²) in [6.45, 7) is 5.45. The molecule has 6 nitrogen and oxygen atoms in total. The monoisotopic (exact) mass is 416 g/mol. The van der Waals surface area contributed by atoms with E-state index in [9.17, 15) is 4.79 Å². The van der Waals surface area contributed by atoms with Crippen LogP contribution in [-0.4, -0.2) is 27.0 Å². The highest BCUT2D eigenvalue weighted by atomic mass is 35.5. The second kappa shape index (κ2) is 8.58. The Labute approximate surface area is 173 Å². The molecule has 0 N–H and O–H groups in total. The molecule has 0 fully saturated rings. The number of furan rings is 1. The lowest BCUT2D eigenvalue weighted by Crippen LogP contribution is -2.32. The van der Waals surface area contributed by atoms with Crippen molar-refractivity contribution in [3.05, 3.63) is 66.1 Å². The molecule has 0 radical (unpaired) electrons. The molecule has 0 spiro atoms. The molecule has 3 heterocycles. The van der Waals surface area contributed by atoms with E-state index >= 15 is 0 Å². The van der Waals surface area contributed by atoms with Crippen molar-refractivity contribution in [2.45, 2.75) is 26.8 Å². The number of imidazole rings is 1. The van der Waals surface area contributed by atoms with Crippen molar-refractivity contribution in [1.82, 2.24) is 14.5 Å². The minimum atomic E-state index is -0.167. The molecule has 0 bridgehead atoms. The van der Waals surface area contributed by atoms with Gasteiger partial charge in [-0.15, -0.1) is 12.4 Å². The predicted molar refractivity (Wildman–Crippen MR) is 114 cm³/mol. The van der Waals surface area contributed by atoms with Crippen molar-refractivity contribution in [2.75, 3.05) is 11.4 Å². The van der Waals surface area contributed by atoms with Crippen LogP contribution < -0.4 is 4.90 Å². The molecule has 3 aromatic heterocycles. The lowest BCUT2D eigenvalue weighted by atomic mass is 10.1. The van der Waals surface area contributed by atoms with Gasteiger partial charge >= 0.3 is 0 Å². The average molecular weight is 417 g/mol. The van der Waals surface area contributed by atoms with Crippen molar-refractivity contribution in [3.8, 4) is 0 Å². The van der Waals surface area contributed by atoms with E-state index in [0.717, 1.165) is 28.7 Å². The van der Waals surface area contributed by atoms with Gasteiger partial charge in [-0.3, -0.25) is 9.69 Å². The fourth-order valence-electron chi connectivity index (χ4n) is 3.01. The van der Waals surface area contributed by atoms with Crippen molar-refractivity contribution >= 4 is 45.0 Å². The Hall–Kier alpha value is -2.64. The number of aromatic nitrogens is 3. The van der Waals surface area contributed by atoms with Crippen LogP contribution in [0.2, 0.25) is 0 Å². The fourth-order valence-corrected chi connectivity index (χ4v) is 4.15. The van der Waals surface area contributed by atoms with Crippen LogP contribution in [0.15, 0.2) is 53.7 Å². The van der Waals surface area contributed by atoms with Crippen molar-refractivity contribution < 1.29 is 9.21 Å². The van der Waals surface area contributed by atoms with Crippen LogP contribution in [0.3, 0.4) is 0 Å². The van der Waals surface area contributed by atoms with Crippen LogP contribution in [-0.2, 0) is 6.54 Å². The maximum atomic E-state index is 13.0. The molecule has 4 aromatic rings. The minimum Gasteiger partial charge on any atom is -0.459 e. The standard InChI is InChI=1S/C20H20N4O2S.ClH/c1-14-6-7-15(2)18-17(14)22-20(27-18)24(19(25)16-5-3-12-26-16)10-4-9-23-11-8-21-13-23;/h3,5-8,11-13H,4,9-10H2,1-2H3;1H. The van der Waals surface area contributed by atoms with Crippen molar-refractivity contribution in [1.29, 1.82) is 0 Å². The maximum absolute atomic E-state index is 13.0. The molecule has 28 heavy (non-hydrogen) atoms. The van der Waals surface area contributed by atoms with Gasteiger partial charge in [0.15, 0.2) is 10.9 Å². The second-order valence-electron chi connectivity index (χ2n) is 6.46. The number of halogens is 1. The number of aryl methyl sites for hydroxylation is 3. The smallest absolute Gasteiger partial charge is 0.295 e. The van der Waals surface area contributed by atoms with Gasteiger partial charge in [0.25, 0.3) is 5.91 Å². The first-order chi connectivity index (χ1) is 13.1. The molecule has 0 saturated carbocycles. The Balaban J connectivity index is 0.00000225. The van der Waals surface area contributed by atoms with E-state index in [0.29, 0.717) is 17.4 Å². The van der Waals surface area contributed by atoms with Gasteiger partial charge in [0.05, 0.1) is 22.8 Å². The van der Waals surface area contributed by atoms with E-state index in [1.54, 1.807) is 40.9 Å². The van der Waals surface area contributed by atoms with Gasteiger partial charge in [0.1, 0.15) is 0 Å². The molecule has 8 heteroatoms. The zero-order chi connectivity index (χ0) is 18.8. The van der Waals surface area contributed by atoms with Crippen LogP contribution in [0, 0.1) is 13.8 Å². The van der Waals surface area contributed by atoms with Gasteiger partial charge < -0.3 is 8.98 Å². The zero-order valence-electron chi connectivity index (χ0n) is 15.7. The summed E-state index contributed by atoms with van der Waals surface area (Å²) in [5, 5.41) is 0.703. The molecule has 0 aliphatic rings. The number of rotatable bonds is 6. The van der Waals surface area contributed by atoms with E-state index in [1.165, 1.54) is 11.8 Å². The molecule has 0 saturated heterocycles. The molecule has 0 aliphatic carbocycles. The summed E-state index contributed by atoms with van der Waals surface area (Å²) >= 11 is 1.55. The normalized spacial score (nSPS) is 10.8. The Morgan fingerprint density at radius 2 is 2.07 bits per heavy atom. The van der Waals surface area contributed by atoms with Crippen molar-refractivity contribution in [2.24, 2.45) is 0 Å². The molecule has 1 aromatic carbocycles. The van der Waals surface area contributed by atoms with Crippen LogP contribution in [0.5, 0.6) is 0 Å². The number of hydrogen-bond donors (Lipinski definition) is 0. The first kappa shape index (κ1) is 20.1. The fraction of sp³-hybridized carbons (Fsp3) is 0.250. The number of carbonyl (C=O) groups excluding carboxylic acids is 1. The van der Waals surface area contributed by atoms with E-state index < -0.39 is 0 Å². The minimum absolute atomic E-state index is 0. The summed E-state index contributed by atoms with van der Waals surface area (Å²) in [5.41, 5.74) is 3.24. The number of carbonyl (C=O) groups is 1. The number of nitrogens with zero attached hydrogens (tertiary/aromatic N) is 4. The molecule has 4 rings (SSSR count). The molecule has 1 amide bonds. The number of hydrogen-bond acceptors (Lipinski definition) is 5. The summed E-state index contributed by atoms with van der Waals surface area (Å²) in [5.74, 6) is 0.158. The molecule has 0 unspecified atom stereocenters. The highest BCUT2D eigenvalue weighted by Crippen LogP contribution is 2.33. The van der Waals surface area contributed by atoms with E-state index in [2.05, 4.69) is 24.0 Å². The number of benzene rings is 1. The van der Waals surface area contributed by atoms with Crippen LogP contribution in [0.4, 0.5) is 5.13 Å². The third kappa shape index (κ3) is 3.95. The Bertz CT molecular complexity index is 1020. The zero-order valence-corrected chi connectivity index (χ0v) is 17.3. The highest BCUT2D eigenvalue weighted by Gasteiger charge is 2.23. The molecule has 146 valence electrons. The van der Waals surface area contributed by atoms with E-state index in [1.807, 2.05) is 17.7 Å². The molecule has 0 aliphatic heterocycles. The SMILES string of the molecule is Cc1ccc(C)c2sc(N(CCCn3ccnc3)C(=O)c3ccco3)nc12.Cl. The number of amides is 1. The quantitative estimate of drug-likeness (QED) is 0.450. The average Bonchev–Trinajstić information content (AvgIpc) is 3.42. The van der Waals surface area contributed by atoms with Gasteiger partial charge in [-0.2, -0.15) is 0 Å². The first-order valence-electron chi connectivity index (χ1n) is 8.81. The third-order valence-electron chi connectivity index (χ3n) is 4.50. The molecular weight excluding hydrogens is 396 g/mol. The summed E-state index contributed by atoms with van der Waals surface area (Å²) in [4.78, 5) is 23.6. The van der Waals surface area contributed by atoms with Crippen LogP contribution in [0.25, 0.3) is 10.2 Å². The molecular formula is C20H21ClN4O2S. The van der Waals surface area contributed by atoms with Gasteiger partial charge in [-0.05, 0) is 43.5 Å². The first-order valence-corrected chi connectivity index (χ1v) is 9.63. The van der Waals surface area contributed by atoms with Gasteiger partial charge in [-0.1, -0.05) is 23.5 Å². The Kier molecular flexibility index (Phi) is 6.16. The number of fused-ring (bicyclic) bond motifs is 1. The second-order valence-corrected chi connectivity index (χ2v) is 7.44. The highest BCUT2D eigenvalue weighted by molar-refractivity contribution is 7.22. The third-order valence-corrected chi connectivity index (χ3v) is 5.71. The van der Waals surface area contributed by atoms with Crippen LogP contribution in [0.1, 0.15) is 28.1 Å². The lowest BCUT2D eigenvalue weighted by molar-refractivity contribution is 0.0959. The molecule has 0 atom stereocenters. The number of thiazole rings is 1. The topological polar surface area (TPSA) is 64.2 Å². The maximum Gasteiger partial charge on any atom is 0.295 e. The van der Waals surface area contributed by atoms with Crippen molar-refractivity contribution in [3.63, 3.8) is 0 Å². The van der Waals surface area contributed by atoms with Gasteiger partial charge in [0.2, 0.25) is 0 Å². The lowest BCUT2D eigenvalue weighted by Gasteiger charge is -2.18. The Morgan fingerprint density at radius 1 is 1.25 bits per heavy atom. The summed E-state index contributed by atoms with van der Waals surface area (Å²) < 4.78 is 8.47. The van der Waals surface area contributed by atoms with Crippen LogP contribution >= 0.6 is 23.7 Å². The Morgan fingerprint density at radius 3 is 2.75 bits per heavy atom. The number of anilines is 1. The summed E-state index contributed by atoms with van der Waals surface area (Å²) in [6, 6.07) is 7.58. The summed E-state index contributed by atoms with van der Waals surface area (Å²) in [7, 11) is 0. The largest absolute Gasteiger partial charge is 0.459 e.